The van der Waals surface area contributed by atoms with Gasteiger partial charge in [0.05, 0.1) is 12.4 Å². The lowest BCUT2D eigenvalue weighted by Gasteiger charge is -2.20. The highest BCUT2D eigenvalue weighted by Crippen LogP contribution is 2.31. The van der Waals surface area contributed by atoms with E-state index in [1.807, 2.05) is 30.3 Å². The van der Waals surface area contributed by atoms with Crippen molar-refractivity contribution >= 4 is 15.9 Å². The minimum Gasteiger partial charge on any atom is -0.347 e. The molecule has 2 atom stereocenters. The average molecular weight is 428 g/mol. The number of sulfonamides is 1. The fourth-order valence-corrected chi connectivity index (χ4v) is 5.14. The van der Waals surface area contributed by atoms with E-state index in [0.717, 1.165) is 11.6 Å². The van der Waals surface area contributed by atoms with Crippen molar-refractivity contribution in [1.29, 1.82) is 0 Å². The average Bonchev–Trinajstić information content (AvgIpc) is 3.36. The Morgan fingerprint density at radius 3 is 2.57 bits per heavy atom. The van der Waals surface area contributed by atoms with Gasteiger partial charge in [-0.3, -0.25) is 4.79 Å². The maximum atomic E-state index is 13.5. The van der Waals surface area contributed by atoms with Crippen LogP contribution in [0.2, 0.25) is 0 Å². The molecule has 1 aromatic heterocycles. The van der Waals surface area contributed by atoms with Crippen molar-refractivity contribution in [1.82, 2.24) is 19.2 Å². The first kappa shape index (κ1) is 20.2. The summed E-state index contributed by atoms with van der Waals surface area (Å²) in [6, 6.07) is 14.4. The lowest BCUT2D eigenvalue weighted by molar-refractivity contribution is 0.0935. The van der Waals surface area contributed by atoms with Crippen molar-refractivity contribution in [2.75, 3.05) is 13.1 Å². The molecule has 2 aromatic carbocycles. The number of hydrogen-bond donors (Lipinski definition) is 1. The van der Waals surface area contributed by atoms with Crippen LogP contribution < -0.4 is 5.32 Å². The van der Waals surface area contributed by atoms with Crippen LogP contribution in [0.5, 0.6) is 0 Å². The molecule has 7 nitrogen and oxygen atoms in total. The van der Waals surface area contributed by atoms with Crippen molar-refractivity contribution in [3.8, 4) is 0 Å². The zero-order valence-electron chi connectivity index (χ0n) is 16.3. The Hall–Kier alpha value is -3.04. The minimum atomic E-state index is -3.81. The zero-order valence-corrected chi connectivity index (χ0v) is 17.1. The molecule has 1 amide bonds. The highest BCUT2D eigenvalue weighted by Gasteiger charge is 2.41. The Morgan fingerprint density at radius 2 is 1.90 bits per heavy atom. The highest BCUT2D eigenvalue weighted by atomic mass is 32.2. The third-order valence-electron chi connectivity index (χ3n) is 5.20. The molecule has 0 bridgehead atoms. The second kappa shape index (κ2) is 8.00. The first-order valence-electron chi connectivity index (χ1n) is 9.44. The molecule has 1 aliphatic heterocycles. The van der Waals surface area contributed by atoms with Crippen molar-refractivity contribution in [2.45, 2.75) is 17.0 Å². The highest BCUT2D eigenvalue weighted by molar-refractivity contribution is 7.89. The fourth-order valence-electron chi connectivity index (χ4n) is 3.68. The van der Waals surface area contributed by atoms with Gasteiger partial charge in [-0.15, -0.1) is 0 Å². The lowest BCUT2D eigenvalue weighted by Crippen LogP contribution is -2.40. The van der Waals surface area contributed by atoms with Gasteiger partial charge in [0, 0.05) is 37.8 Å². The Bertz CT molecular complexity index is 1160. The van der Waals surface area contributed by atoms with Gasteiger partial charge >= 0.3 is 0 Å². The number of amides is 1. The summed E-state index contributed by atoms with van der Waals surface area (Å²) in [5.41, 5.74) is 1.11. The molecule has 0 spiro atoms. The number of hydrogen-bond acceptors (Lipinski definition) is 4. The summed E-state index contributed by atoms with van der Waals surface area (Å²) in [5.74, 6) is -1.20. The molecule has 9 heteroatoms. The Balaban J connectivity index is 1.62. The normalized spacial score (nSPS) is 19.7. The van der Waals surface area contributed by atoms with E-state index in [4.69, 9.17) is 0 Å². The number of nitrogens with one attached hydrogen (secondary N) is 1. The van der Waals surface area contributed by atoms with Gasteiger partial charge in [0.15, 0.2) is 5.03 Å². The third kappa shape index (κ3) is 3.99. The van der Waals surface area contributed by atoms with Crippen LogP contribution in [0.25, 0.3) is 0 Å². The van der Waals surface area contributed by atoms with Crippen molar-refractivity contribution in [2.24, 2.45) is 7.05 Å². The van der Waals surface area contributed by atoms with Crippen LogP contribution in [0.15, 0.2) is 72.1 Å². The summed E-state index contributed by atoms with van der Waals surface area (Å²) >= 11 is 0. The largest absolute Gasteiger partial charge is 0.347 e. The van der Waals surface area contributed by atoms with Gasteiger partial charge in [-0.1, -0.05) is 36.4 Å². The number of aromatic nitrogens is 2. The number of carbonyl (C=O) groups excluding carboxylic acids is 1. The van der Waals surface area contributed by atoms with Gasteiger partial charge in [0.2, 0.25) is 0 Å². The second-order valence-corrected chi connectivity index (χ2v) is 9.19. The third-order valence-corrected chi connectivity index (χ3v) is 6.92. The maximum absolute atomic E-state index is 13.5. The lowest BCUT2D eigenvalue weighted by atomic mass is 9.94. The standard InChI is InChI=1S/C21H21FN4O3S/c1-25-13-20(23-14-25)30(28,29)26-11-18(15-6-3-2-4-7-15)19(12-26)24-21(27)16-8-5-9-17(22)10-16/h2-10,13-14,18-19H,11-12H2,1H3,(H,24,27)/t18-,19+/m0/s1. The SMILES string of the molecule is Cn1cnc(S(=O)(=O)N2C[C@@H](NC(=O)c3cccc(F)c3)[C@H](c3ccccc3)C2)c1. The van der Waals surface area contributed by atoms with Gasteiger partial charge in [0.25, 0.3) is 15.9 Å². The molecule has 0 unspecified atom stereocenters. The van der Waals surface area contributed by atoms with Crippen LogP contribution in [0.3, 0.4) is 0 Å². The molecule has 156 valence electrons. The van der Waals surface area contributed by atoms with Crippen molar-refractivity contribution in [3.05, 3.63) is 84.1 Å². The van der Waals surface area contributed by atoms with E-state index in [2.05, 4.69) is 10.3 Å². The molecule has 30 heavy (non-hydrogen) atoms. The van der Waals surface area contributed by atoms with Gasteiger partial charge < -0.3 is 9.88 Å². The molecule has 3 aromatic rings. The molecule has 0 radical (unpaired) electrons. The number of benzene rings is 2. The quantitative estimate of drug-likeness (QED) is 0.675. The van der Waals surface area contributed by atoms with E-state index in [1.54, 1.807) is 11.6 Å². The van der Waals surface area contributed by atoms with Gasteiger partial charge in [0.1, 0.15) is 5.82 Å². The predicted octanol–water partition coefficient (Wildman–Crippen LogP) is 2.15. The predicted molar refractivity (Wildman–Crippen MR) is 109 cm³/mol. The summed E-state index contributed by atoms with van der Waals surface area (Å²) in [6.07, 6.45) is 2.88. The Labute approximate surface area is 174 Å². The smallest absolute Gasteiger partial charge is 0.262 e. The number of rotatable bonds is 5. The van der Waals surface area contributed by atoms with Gasteiger partial charge in [-0.2, -0.15) is 4.31 Å². The molecule has 1 fully saturated rings. The first-order chi connectivity index (χ1) is 14.3. The summed E-state index contributed by atoms with van der Waals surface area (Å²) in [7, 11) is -2.11. The van der Waals surface area contributed by atoms with Crippen LogP contribution in [-0.2, 0) is 17.1 Å². The fraction of sp³-hybridized carbons (Fsp3) is 0.238. The van der Waals surface area contributed by atoms with E-state index in [0.29, 0.717) is 0 Å². The summed E-state index contributed by atoms with van der Waals surface area (Å²) < 4.78 is 42.5. The maximum Gasteiger partial charge on any atom is 0.262 e. The second-order valence-electron chi connectivity index (χ2n) is 7.31. The first-order valence-corrected chi connectivity index (χ1v) is 10.9. The molecule has 1 aliphatic rings. The van der Waals surface area contributed by atoms with E-state index >= 15 is 0 Å². The topological polar surface area (TPSA) is 84.3 Å². The molecule has 1 saturated heterocycles. The molecule has 0 aliphatic carbocycles. The van der Waals surface area contributed by atoms with Crippen LogP contribution >= 0.6 is 0 Å². The van der Waals surface area contributed by atoms with Crippen molar-refractivity contribution < 1.29 is 17.6 Å². The Morgan fingerprint density at radius 1 is 1.13 bits per heavy atom. The van der Waals surface area contributed by atoms with Crippen LogP contribution in [0.1, 0.15) is 21.8 Å². The van der Waals surface area contributed by atoms with Crippen LogP contribution in [-0.4, -0.2) is 47.3 Å². The molecule has 0 saturated carbocycles. The summed E-state index contributed by atoms with van der Waals surface area (Å²) in [6.45, 7) is 0.302. The van der Waals surface area contributed by atoms with Gasteiger partial charge in [-0.25, -0.2) is 17.8 Å². The minimum absolute atomic E-state index is 0.0334. The monoisotopic (exact) mass is 428 g/mol. The number of aryl methyl sites for hydroxylation is 1. The number of halogens is 1. The number of carbonyl (C=O) groups is 1. The summed E-state index contributed by atoms with van der Waals surface area (Å²) in [5, 5.41) is 2.86. The molecular weight excluding hydrogens is 407 g/mol. The number of imidazole rings is 1. The summed E-state index contributed by atoms with van der Waals surface area (Å²) in [4.78, 5) is 16.7. The number of nitrogens with zero attached hydrogens (tertiary/aromatic N) is 3. The van der Waals surface area contributed by atoms with E-state index in [-0.39, 0.29) is 29.6 Å². The van der Waals surface area contributed by atoms with E-state index < -0.39 is 27.8 Å². The Kier molecular flexibility index (Phi) is 5.40. The molecule has 4 rings (SSSR count). The zero-order chi connectivity index (χ0) is 21.3. The molecular formula is C21H21FN4O3S. The van der Waals surface area contributed by atoms with E-state index in [1.165, 1.54) is 35.0 Å². The van der Waals surface area contributed by atoms with Crippen LogP contribution in [0, 0.1) is 5.82 Å². The van der Waals surface area contributed by atoms with Crippen LogP contribution in [0.4, 0.5) is 4.39 Å². The van der Waals surface area contributed by atoms with E-state index in [9.17, 15) is 17.6 Å². The molecule has 2 heterocycles. The van der Waals surface area contributed by atoms with Gasteiger partial charge in [-0.05, 0) is 23.8 Å². The van der Waals surface area contributed by atoms with Crippen molar-refractivity contribution in [3.63, 3.8) is 0 Å². The molecule has 1 N–H and O–H groups in total.